The van der Waals surface area contributed by atoms with Crippen LogP contribution >= 0.6 is 0 Å². The van der Waals surface area contributed by atoms with Crippen molar-refractivity contribution in [1.29, 1.82) is 0 Å². The number of hydrogen-bond acceptors (Lipinski definition) is 5. The first kappa shape index (κ1) is 30.4. The third-order valence-electron chi connectivity index (χ3n) is 7.55. The molecule has 2 unspecified atom stereocenters. The molecule has 220 valence electrons. The van der Waals surface area contributed by atoms with Gasteiger partial charge in [-0.3, -0.25) is 9.59 Å². The Hall–Kier alpha value is -3.60. The zero-order valence-electron chi connectivity index (χ0n) is 22.6. The van der Waals surface area contributed by atoms with Crippen LogP contribution in [0.5, 0.6) is 5.75 Å². The number of fused-ring (bicyclic) bond motifs is 1. The van der Waals surface area contributed by atoms with Crippen molar-refractivity contribution in [3.05, 3.63) is 71.5 Å². The first-order chi connectivity index (χ1) is 19.3. The lowest BCUT2D eigenvalue weighted by atomic mass is 9.81. The maximum absolute atomic E-state index is 14.0. The van der Waals surface area contributed by atoms with Crippen LogP contribution in [0.15, 0.2) is 54.6 Å². The molecule has 0 fully saturated rings. The Kier molecular flexibility index (Phi) is 8.96. The summed E-state index contributed by atoms with van der Waals surface area (Å²) in [6.45, 7) is 3.55. The number of nitrogens with zero attached hydrogens (tertiary/aromatic N) is 2. The minimum Gasteiger partial charge on any atom is -0.425 e. The van der Waals surface area contributed by atoms with Gasteiger partial charge in [-0.1, -0.05) is 56.3 Å². The van der Waals surface area contributed by atoms with Crippen molar-refractivity contribution in [2.45, 2.75) is 58.4 Å². The van der Waals surface area contributed by atoms with E-state index in [2.05, 4.69) is 9.72 Å². The first-order valence-electron chi connectivity index (χ1n) is 13.4. The highest BCUT2D eigenvalue weighted by Gasteiger charge is 2.61. The van der Waals surface area contributed by atoms with Gasteiger partial charge in [0.15, 0.2) is 5.78 Å². The fourth-order valence-electron chi connectivity index (χ4n) is 5.16. The molecule has 0 amide bonds. The smallest absolute Gasteiger partial charge is 0.425 e. The second kappa shape index (κ2) is 12.1. The van der Waals surface area contributed by atoms with Crippen molar-refractivity contribution in [3.63, 3.8) is 0 Å². The van der Waals surface area contributed by atoms with Crippen LogP contribution in [0.4, 0.5) is 22.0 Å². The Morgan fingerprint density at radius 2 is 1.63 bits per heavy atom. The van der Waals surface area contributed by atoms with Crippen molar-refractivity contribution >= 4 is 11.6 Å². The van der Waals surface area contributed by atoms with E-state index in [9.17, 15) is 36.6 Å². The number of halogens is 5. The van der Waals surface area contributed by atoms with Crippen molar-refractivity contribution in [2.75, 3.05) is 6.61 Å². The molecule has 0 saturated heterocycles. The average molecular weight is 579 g/mol. The molecule has 41 heavy (non-hydrogen) atoms. The zero-order valence-corrected chi connectivity index (χ0v) is 22.6. The Morgan fingerprint density at radius 3 is 2.29 bits per heavy atom. The number of alkyl halides is 5. The molecule has 1 N–H and O–H groups in total. The molecule has 11 heteroatoms. The van der Waals surface area contributed by atoms with Crippen LogP contribution in [0.1, 0.15) is 54.9 Å². The number of rotatable bonds is 8. The Morgan fingerprint density at radius 1 is 0.976 bits per heavy atom. The Labute approximate surface area is 234 Å². The summed E-state index contributed by atoms with van der Waals surface area (Å²) in [5, 5.41) is 9.35. The molecule has 0 radical (unpaired) electrons. The molecule has 0 spiro atoms. The second-order valence-corrected chi connectivity index (χ2v) is 10.5. The SMILES string of the molecule is CC1Cc2nc(-c3ccccc3OC(F)(F)C(F)(F)F)n(Cc3ccccc3)c2C(=O)CC(CCCO)C(=O)[C@H]1C. The number of aliphatic hydroxyl groups is 1. The van der Waals surface area contributed by atoms with Gasteiger partial charge < -0.3 is 14.4 Å². The maximum atomic E-state index is 14.0. The van der Waals surface area contributed by atoms with Gasteiger partial charge in [-0.25, -0.2) is 4.98 Å². The van der Waals surface area contributed by atoms with Gasteiger partial charge in [0.2, 0.25) is 0 Å². The molecule has 0 saturated carbocycles. The normalized spacial score (nSPS) is 20.2. The van der Waals surface area contributed by atoms with Gasteiger partial charge in [0, 0.05) is 31.4 Å². The molecular weight excluding hydrogens is 547 g/mol. The average Bonchev–Trinajstić information content (AvgIpc) is 3.27. The molecule has 6 nitrogen and oxygen atoms in total. The molecule has 1 aromatic heterocycles. The summed E-state index contributed by atoms with van der Waals surface area (Å²) in [5.74, 6) is -2.54. The number of ether oxygens (including phenoxy) is 1. The molecule has 2 aromatic carbocycles. The van der Waals surface area contributed by atoms with E-state index in [-0.39, 0.29) is 54.8 Å². The lowest BCUT2D eigenvalue weighted by Crippen LogP contribution is -2.42. The van der Waals surface area contributed by atoms with Gasteiger partial charge in [0.25, 0.3) is 0 Å². The number of aliphatic hydroxyl groups excluding tert-OH is 1. The van der Waals surface area contributed by atoms with Crippen LogP contribution in [-0.2, 0) is 17.8 Å². The fraction of sp³-hybridized carbons (Fsp3) is 0.433. The predicted octanol–water partition coefficient (Wildman–Crippen LogP) is 6.49. The van der Waals surface area contributed by atoms with Crippen LogP contribution < -0.4 is 4.74 Å². The van der Waals surface area contributed by atoms with Crippen LogP contribution in [0, 0.1) is 17.8 Å². The van der Waals surface area contributed by atoms with E-state index in [1.165, 1.54) is 22.8 Å². The van der Waals surface area contributed by atoms with Crippen LogP contribution in [-0.4, -0.2) is 45.1 Å². The van der Waals surface area contributed by atoms with Gasteiger partial charge in [-0.2, -0.15) is 22.0 Å². The van der Waals surface area contributed by atoms with Gasteiger partial charge in [0.05, 0.1) is 11.3 Å². The molecule has 3 aromatic rings. The number of imidazole rings is 1. The lowest BCUT2D eigenvalue weighted by molar-refractivity contribution is -0.360. The van der Waals surface area contributed by atoms with Gasteiger partial charge >= 0.3 is 12.3 Å². The third kappa shape index (κ3) is 6.50. The molecule has 4 rings (SSSR count). The third-order valence-corrected chi connectivity index (χ3v) is 7.55. The summed E-state index contributed by atoms with van der Waals surface area (Å²) in [6, 6.07) is 13.9. The molecule has 0 bridgehead atoms. The fourth-order valence-corrected chi connectivity index (χ4v) is 5.16. The summed E-state index contributed by atoms with van der Waals surface area (Å²) in [5.41, 5.74) is 1.09. The monoisotopic (exact) mass is 578 g/mol. The van der Waals surface area contributed by atoms with Crippen molar-refractivity contribution in [2.24, 2.45) is 17.8 Å². The molecule has 3 atom stereocenters. The molecule has 1 aliphatic rings. The van der Waals surface area contributed by atoms with Crippen molar-refractivity contribution in [3.8, 4) is 17.1 Å². The van der Waals surface area contributed by atoms with Crippen LogP contribution in [0.25, 0.3) is 11.4 Å². The zero-order chi connectivity index (χ0) is 29.9. The number of carbonyl (C=O) groups is 2. The molecule has 1 aliphatic carbocycles. The number of carbonyl (C=O) groups excluding carboxylic acids is 2. The second-order valence-electron chi connectivity index (χ2n) is 10.5. The molecule has 0 aliphatic heterocycles. The largest absolute Gasteiger partial charge is 0.499 e. The molecule has 1 heterocycles. The summed E-state index contributed by atoms with van der Waals surface area (Å²) >= 11 is 0. The Balaban J connectivity index is 1.91. The van der Waals surface area contributed by atoms with Crippen LogP contribution in [0.2, 0.25) is 0 Å². The molecular formula is C30H31F5N2O4. The van der Waals surface area contributed by atoms with Gasteiger partial charge in [0.1, 0.15) is 23.1 Å². The van der Waals surface area contributed by atoms with Crippen molar-refractivity contribution in [1.82, 2.24) is 9.55 Å². The van der Waals surface area contributed by atoms with E-state index >= 15 is 0 Å². The minimum atomic E-state index is -5.95. The van der Waals surface area contributed by atoms with Crippen molar-refractivity contribution < 1.29 is 41.4 Å². The number of para-hydroxylation sites is 1. The van der Waals surface area contributed by atoms with E-state index in [4.69, 9.17) is 0 Å². The number of benzene rings is 2. The van der Waals surface area contributed by atoms with E-state index in [1.807, 2.05) is 6.92 Å². The summed E-state index contributed by atoms with van der Waals surface area (Å²) in [7, 11) is 0. The number of Topliss-reactive ketones (excluding diaryl/α,β-unsaturated/α-hetero) is 2. The number of ketones is 2. The topological polar surface area (TPSA) is 81.4 Å². The summed E-state index contributed by atoms with van der Waals surface area (Å²) in [4.78, 5) is 31.8. The maximum Gasteiger partial charge on any atom is 0.499 e. The van der Waals surface area contributed by atoms with Gasteiger partial charge in [-0.15, -0.1) is 0 Å². The predicted molar refractivity (Wildman–Crippen MR) is 141 cm³/mol. The Bertz CT molecular complexity index is 1390. The standard InChI is InChI=1S/C30H31F5N2O4/c1-18-15-23-26(24(39)16-21(11-8-14-38)27(40)19(18)2)37(17-20-9-4-3-5-10-20)28(36-23)22-12-6-7-13-25(22)41-30(34,35)29(31,32)33/h3-7,9-10,12-13,18-19,21,38H,8,11,14-17H2,1-2H3/t18?,19-,21?/m0/s1. The van der Waals surface area contributed by atoms with E-state index in [1.54, 1.807) is 37.3 Å². The minimum absolute atomic E-state index is 0.000520. The van der Waals surface area contributed by atoms with Crippen LogP contribution in [0.3, 0.4) is 0 Å². The number of aromatic nitrogens is 2. The summed E-state index contributed by atoms with van der Waals surface area (Å²) in [6.07, 6.45) is -10.7. The van der Waals surface area contributed by atoms with Gasteiger partial charge in [-0.05, 0) is 42.9 Å². The van der Waals surface area contributed by atoms with E-state index in [0.29, 0.717) is 18.5 Å². The highest BCUT2D eigenvalue weighted by Crippen LogP contribution is 2.41. The van der Waals surface area contributed by atoms with E-state index in [0.717, 1.165) is 11.6 Å². The lowest BCUT2D eigenvalue weighted by Gasteiger charge is -2.22. The highest BCUT2D eigenvalue weighted by atomic mass is 19.4. The highest BCUT2D eigenvalue weighted by molar-refractivity contribution is 6.00. The number of hydrogen-bond donors (Lipinski definition) is 1. The quantitative estimate of drug-likeness (QED) is 0.309. The van der Waals surface area contributed by atoms with E-state index < -0.39 is 35.7 Å². The first-order valence-corrected chi connectivity index (χ1v) is 13.4. The summed E-state index contributed by atoms with van der Waals surface area (Å²) < 4.78 is 72.9.